The van der Waals surface area contributed by atoms with Gasteiger partial charge in [-0.05, 0) is 42.5 Å². The summed E-state index contributed by atoms with van der Waals surface area (Å²) in [7, 11) is -2.08. The molecule has 4 aromatic rings. The van der Waals surface area contributed by atoms with E-state index in [0.29, 0.717) is 24.1 Å². The topological polar surface area (TPSA) is 111 Å². The van der Waals surface area contributed by atoms with Crippen LogP contribution in [0, 0.1) is 0 Å². The van der Waals surface area contributed by atoms with Gasteiger partial charge >= 0.3 is 0 Å². The van der Waals surface area contributed by atoms with Crippen molar-refractivity contribution >= 4 is 27.0 Å². The van der Waals surface area contributed by atoms with Crippen LogP contribution in [0.25, 0.3) is 16.9 Å². The van der Waals surface area contributed by atoms with E-state index in [0.717, 1.165) is 11.0 Å². The first kappa shape index (κ1) is 19.8. The first-order valence-corrected chi connectivity index (χ1v) is 10.7. The lowest BCUT2D eigenvalue weighted by molar-refractivity contribution is 0.414. The quantitative estimate of drug-likeness (QED) is 0.417. The zero-order valence-corrected chi connectivity index (χ0v) is 17.0. The van der Waals surface area contributed by atoms with Gasteiger partial charge in [0.05, 0.1) is 23.0 Å². The maximum atomic E-state index is 12.4. The Bertz CT molecular complexity index is 1260. The van der Waals surface area contributed by atoms with Crippen LogP contribution in [0.1, 0.15) is 0 Å². The minimum absolute atomic E-state index is 0.175. The van der Waals surface area contributed by atoms with Gasteiger partial charge in [-0.15, -0.1) is 0 Å². The Kier molecular flexibility index (Phi) is 5.59. The number of hydrogen-bond acceptors (Lipinski definition) is 7. The van der Waals surface area contributed by atoms with E-state index < -0.39 is 10.0 Å². The third-order valence-corrected chi connectivity index (χ3v) is 5.89. The van der Waals surface area contributed by atoms with Crippen molar-refractivity contribution in [2.75, 3.05) is 25.5 Å². The second-order valence-electron chi connectivity index (χ2n) is 6.34. The summed E-state index contributed by atoms with van der Waals surface area (Å²) in [6, 6.07) is 15.7. The number of nitrogens with one attached hydrogen (secondary N) is 2. The second kappa shape index (κ2) is 8.47. The van der Waals surface area contributed by atoms with E-state index in [4.69, 9.17) is 4.74 Å². The average Bonchev–Trinajstić information content (AvgIpc) is 3.21. The van der Waals surface area contributed by atoms with Gasteiger partial charge in [-0.2, -0.15) is 4.98 Å². The third kappa shape index (κ3) is 4.24. The molecule has 10 heteroatoms. The zero-order valence-electron chi connectivity index (χ0n) is 16.2. The van der Waals surface area contributed by atoms with E-state index in [1.807, 2.05) is 28.8 Å². The van der Waals surface area contributed by atoms with Crippen LogP contribution in [0.3, 0.4) is 0 Å². The van der Waals surface area contributed by atoms with Gasteiger partial charge in [-0.3, -0.25) is 4.57 Å². The summed E-state index contributed by atoms with van der Waals surface area (Å²) in [6.45, 7) is 0.499. The van der Waals surface area contributed by atoms with Crippen molar-refractivity contribution in [1.29, 1.82) is 0 Å². The van der Waals surface area contributed by atoms with Gasteiger partial charge in [-0.1, -0.05) is 12.1 Å². The predicted molar refractivity (Wildman–Crippen MR) is 113 cm³/mol. The molecule has 0 aliphatic carbocycles. The second-order valence-corrected chi connectivity index (χ2v) is 8.11. The minimum Gasteiger partial charge on any atom is -0.497 e. The Morgan fingerprint density at radius 3 is 2.60 bits per heavy atom. The Hall–Kier alpha value is -3.50. The van der Waals surface area contributed by atoms with Crippen molar-refractivity contribution in [2.24, 2.45) is 0 Å². The summed E-state index contributed by atoms with van der Waals surface area (Å²) in [4.78, 5) is 13.2. The smallest absolute Gasteiger partial charge is 0.240 e. The third-order valence-electron chi connectivity index (χ3n) is 4.41. The molecule has 0 atom stereocenters. The maximum Gasteiger partial charge on any atom is 0.240 e. The Labute approximate surface area is 173 Å². The molecule has 0 saturated heterocycles. The van der Waals surface area contributed by atoms with Crippen LogP contribution in [-0.4, -0.2) is 48.1 Å². The summed E-state index contributed by atoms with van der Waals surface area (Å²) < 4.78 is 34.2. The first-order chi connectivity index (χ1) is 14.6. The number of imidazole rings is 1. The van der Waals surface area contributed by atoms with Gasteiger partial charge in [0, 0.05) is 19.3 Å². The molecular formula is C20H20N6O3S. The number of sulfonamides is 1. The molecular weight excluding hydrogens is 404 g/mol. The van der Waals surface area contributed by atoms with Gasteiger partial charge in [0.2, 0.25) is 16.0 Å². The minimum atomic E-state index is -3.61. The number of para-hydroxylation sites is 2. The molecule has 0 aliphatic heterocycles. The molecule has 0 bridgehead atoms. The number of benzene rings is 2. The zero-order chi connectivity index (χ0) is 21.0. The highest BCUT2D eigenvalue weighted by Gasteiger charge is 2.13. The molecule has 0 spiro atoms. The monoisotopic (exact) mass is 424 g/mol. The largest absolute Gasteiger partial charge is 0.497 e. The van der Waals surface area contributed by atoms with Crippen LogP contribution in [0.2, 0.25) is 0 Å². The fourth-order valence-corrected chi connectivity index (χ4v) is 3.94. The van der Waals surface area contributed by atoms with Crippen molar-refractivity contribution in [3.05, 3.63) is 67.1 Å². The van der Waals surface area contributed by atoms with Crippen molar-refractivity contribution in [2.45, 2.75) is 4.90 Å². The summed E-state index contributed by atoms with van der Waals surface area (Å²) in [6.07, 6.45) is 3.35. The maximum absolute atomic E-state index is 12.4. The fourth-order valence-electron chi connectivity index (χ4n) is 2.91. The molecule has 0 aliphatic rings. The van der Waals surface area contributed by atoms with E-state index in [2.05, 4.69) is 25.0 Å². The molecule has 2 N–H and O–H groups in total. The summed E-state index contributed by atoms with van der Waals surface area (Å²) in [5.74, 6) is 1.66. The number of fused-ring (bicyclic) bond motifs is 1. The molecule has 9 nitrogen and oxygen atoms in total. The van der Waals surface area contributed by atoms with E-state index in [1.54, 1.807) is 30.7 Å². The summed E-state index contributed by atoms with van der Waals surface area (Å²) >= 11 is 0. The normalized spacial score (nSPS) is 11.5. The summed E-state index contributed by atoms with van der Waals surface area (Å²) in [5, 5.41) is 3.03. The highest BCUT2D eigenvalue weighted by Crippen LogP contribution is 2.17. The van der Waals surface area contributed by atoms with Crippen molar-refractivity contribution in [3.63, 3.8) is 0 Å². The van der Waals surface area contributed by atoms with Gasteiger partial charge in [0.25, 0.3) is 0 Å². The lowest BCUT2D eigenvalue weighted by Gasteiger charge is -2.09. The molecule has 2 aromatic heterocycles. The molecule has 0 saturated carbocycles. The standard InChI is InChI=1S/C20H20N6O3S/c1-29-15-6-8-16(9-7-15)30(27,28)24-13-12-22-20-21-11-10-19(25-20)26-14-23-17-4-2-3-5-18(17)26/h2-11,14,24H,12-13H2,1H3,(H,21,22,25). The van der Waals surface area contributed by atoms with Crippen LogP contribution >= 0.6 is 0 Å². The molecule has 0 fully saturated rings. The van der Waals surface area contributed by atoms with Gasteiger partial charge in [0.15, 0.2) is 0 Å². The molecule has 2 heterocycles. The Morgan fingerprint density at radius 2 is 1.80 bits per heavy atom. The van der Waals surface area contributed by atoms with Crippen molar-refractivity contribution in [1.82, 2.24) is 24.2 Å². The molecule has 4 rings (SSSR count). The number of methoxy groups -OCH3 is 1. The van der Waals surface area contributed by atoms with Crippen molar-refractivity contribution < 1.29 is 13.2 Å². The molecule has 0 radical (unpaired) electrons. The number of anilines is 1. The molecule has 0 unspecified atom stereocenters. The van der Waals surface area contributed by atoms with Gasteiger partial charge in [0.1, 0.15) is 17.9 Å². The van der Waals surface area contributed by atoms with Crippen LogP contribution in [0.5, 0.6) is 5.75 Å². The van der Waals surface area contributed by atoms with Crippen LogP contribution in [-0.2, 0) is 10.0 Å². The van der Waals surface area contributed by atoms with Crippen molar-refractivity contribution in [3.8, 4) is 11.6 Å². The Balaban J connectivity index is 1.38. The van der Waals surface area contributed by atoms with E-state index in [9.17, 15) is 8.42 Å². The van der Waals surface area contributed by atoms with E-state index in [1.165, 1.54) is 19.2 Å². The SMILES string of the molecule is COc1ccc(S(=O)(=O)NCCNc2nccc(-n3cnc4ccccc43)n2)cc1. The van der Waals surface area contributed by atoms with Crippen LogP contribution < -0.4 is 14.8 Å². The first-order valence-electron chi connectivity index (χ1n) is 9.20. The van der Waals surface area contributed by atoms with Crippen LogP contribution in [0.15, 0.2) is 72.0 Å². The molecule has 2 aromatic carbocycles. The van der Waals surface area contributed by atoms with Gasteiger partial charge < -0.3 is 10.1 Å². The van der Waals surface area contributed by atoms with E-state index in [-0.39, 0.29) is 11.4 Å². The number of rotatable bonds is 8. The predicted octanol–water partition coefficient (Wildman–Crippen LogP) is 2.21. The molecule has 0 amide bonds. The fraction of sp³-hybridized carbons (Fsp3) is 0.150. The Morgan fingerprint density at radius 1 is 1.00 bits per heavy atom. The lowest BCUT2D eigenvalue weighted by Crippen LogP contribution is -2.29. The molecule has 30 heavy (non-hydrogen) atoms. The number of aromatic nitrogens is 4. The van der Waals surface area contributed by atoms with E-state index >= 15 is 0 Å². The number of nitrogens with zero attached hydrogens (tertiary/aromatic N) is 4. The lowest BCUT2D eigenvalue weighted by atomic mass is 10.3. The highest BCUT2D eigenvalue weighted by atomic mass is 32.2. The number of ether oxygens (including phenoxy) is 1. The highest BCUT2D eigenvalue weighted by molar-refractivity contribution is 7.89. The van der Waals surface area contributed by atoms with Gasteiger partial charge in [-0.25, -0.2) is 23.1 Å². The average molecular weight is 424 g/mol. The number of hydrogen-bond donors (Lipinski definition) is 2. The summed E-state index contributed by atoms with van der Waals surface area (Å²) in [5.41, 5.74) is 1.81. The van der Waals surface area contributed by atoms with Crippen LogP contribution in [0.4, 0.5) is 5.95 Å². The molecule has 154 valence electrons.